The zero-order chi connectivity index (χ0) is 12.5. The van der Waals surface area contributed by atoms with Gasteiger partial charge in [0.25, 0.3) is 0 Å². The van der Waals surface area contributed by atoms with Crippen LogP contribution < -0.4 is 5.32 Å². The molecule has 1 saturated carbocycles. The summed E-state index contributed by atoms with van der Waals surface area (Å²) in [4.78, 5) is 2.43. The molecule has 2 fully saturated rings. The molecular formula is C12H24N2O2S. The summed E-state index contributed by atoms with van der Waals surface area (Å²) < 4.78 is 22.6. The molecule has 1 atom stereocenters. The fourth-order valence-electron chi connectivity index (χ4n) is 3.20. The van der Waals surface area contributed by atoms with Crippen LogP contribution in [-0.2, 0) is 9.84 Å². The molecule has 0 aromatic heterocycles. The van der Waals surface area contributed by atoms with E-state index in [1.165, 1.54) is 31.9 Å². The Bertz CT molecular complexity index is 361. The molecule has 1 aliphatic heterocycles. The molecule has 1 heterocycles. The molecule has 2 rings (SSSR count). The Hall–Kier alpha value is -0.130. The van der Waals surface area contributed by atoms with E-state index in [0.717, 1.165) is 13.1 Å². The summed E-state index contributed by atoms with van der Waals surface area (Å²) in [6.45, 7) is 4.88. The first kappa shape index (κ1) is 13.3. The van der Waals surface area contributed by atoms with Crippen LogP contribution in [0.2, 0.25) is 0 Å². The summed E-state index contributed by atoms with van der Waals surface area (Å²) in [6.07, 6.45) is 6.34. The molecule has 1 N–H and O–H groups in total. The lowest BCUT2D eigenvalue weighted by molar-refractivity contribution is 0.0527. The lowest BCUT2D eigenvalue weighted by atomic mass is 9.91. The number of piperazine rings is 1. The van der Waals surface area contributed by atoms with Crippen LogP contribution in [0.4, 0.5) is 0 Å². The zero-order valence-corrected chi connectivity index (χ0v) is 11.7. The van der Waals surface area contributed by atoms with Gasteiger partial charge in [-0.25, -0.2) is 8.42 Å². The van der Waals surface area contributed by atoms with Crippen molar-refractivity contribution in [3.63, 3.8) is 0 Å². The van der Waals surface area contributed by atoms with E-state index in [4.69, 9.17) is 0 Å². The summed E-state index contributed by atoms with van der Waals surface area (Å²) in [6, 6.07) is 0.473. The van der Waals surface area contributed by atoms with Crippen molar-refractivity contribution >= 4 is 9.84 Å². The van der Waals surface area contributed by atoms with E-state index in [2.05, 4.69) is 17.1 Å². The number of sulfone groups is 1. The van der Waals surface area contributed by atoms with Crippen molar-refractivity contribution in [2.45, 2.75) is 44.2 Å². The average Bonchev–Trinajstić information content (AvgIpc) is 2.68. The van der Waals surface area contributed by atoms with Crippen LogP contribution in [0.25, 0.3) is 0 Å². The Morgan fingerprint density at radius 3 is 2.59 bits per heavy atom. The van der Waals surface area contributed by atoms with Gasteiger partial charge in [-0.1, -0.05) is 12.8 Å². The molecule has 5 heteroatoms. The average molecular weight is 260 g/mol. The summed E-state index contributed by atoms with van der Waals surface area (Å²) >= 11 is 0. The van der Waals surface area contributed by atoms with Gasteiger partial charge in [-0.3, -0.25) is 4.90 Å². The summed E-state index contributed by atoms with van der Waals surface area (Å²) in [5.41, 5.74) is 0.247. The first-order valence-electron chi connectivity index (χ1n) is 6.57. The molecular weight excluding hydrogens is 236 g/mol. The van der Waals surface area contributed by atoms with E-state index < -0.39 is 9.84 Å². The van der Waals surface area contributed by atoms with Gasteiger partial charge < -0.3 is 5.32 Å². The maximum Gasteiger partial charge on any atom is 0.148 e. The number of hydrogen-bond acceptors (Lipinski definition) is 4. The second kappa shape index (κ2) is 4.86. The van der Waals surface area contributed by atoms with Gasteiger partial charge in [0.15, 0.2) is 0 Å². The number of nitrogens with zero attached hydrogens (tertiary/aromatic N) is 1. The lowest BCUT2D eigenvalue weighted by Crippen LogP contribution is -2.63. The predicted molar refractivity (Wildman–Crippen MR) is 69.9 cm³/mol. The molecule has 1 aliphatic carbocycles. The Labute approximate surface area is 105 Å². The van der Waals surface area contributed by atoms with Crippen LogP contribution in [-0.4, -0.2) is 56.5 Å². The van der Waals surface area contributed by atoms with Gasteiger partial charge in [0.2, 0.25) is 0 Å². The van der Waals surface area contributed by atoms with Gasteiger partial charge in [-0.2, -0.15) is 0 Å². The largest absolute Gasteiger partial charge is 0.311 e. The molecule has 2 aliphatic rings. The molecule has 0 aromatic carbocycles. The molecule has 4 nitrogen and oxygen atoms in total. The standard InChI is InChI=1S/C12H24N2O2S/c1-11-9-14(7-8-17(2,15)16)12(10-13-11)5-3-4-6-12/h11,13H,3-10H2,1-2H3. The van der Waals surface area contributed by atoms with Crippen molar-refractivity contribution in [1.82, 2.24) is 10.2 Å². The molecule has 0 amide bonds. The van der Waals surface area contributed by atoms with Crippen molar-refractivity contribution in [2.24, 2.45) is 0 Å². The predicted octanol–water partition coefficient (Wildman–Crippen LogP) is 0.638. The second-order valence-electron chi connectivity index (χ2n) is 5.79. The third-order valence-electron chi connectivity index (χ3n) is 4.21. The minimum absolute atomic E-state index is 0.247. The van der Waals surface area contributed by atoms with Crippen LogP contribution in [0.1, 0.15) is 32.6 Å². The maximum atomic E-state index is 11.3. The Morgan fingerprint density at radius 1 is 1.35 bits per heavy atom. The van der Waals surface area contributed by atoms with Crippen molar-refractivity contribution < 1.29 is 8.42 Å². The SMILES string of the molecule is CC1CN(CCS(C)(=O)=O)C2(CCCC2)CN1. The minimum atomic E-state index is -2.85. The summed E-state index contributed by atoms with van der Waals surface area (Å²) in [5, 5.41) is 3.55. The third kappa shape index (κ3) is 3.20. The first-order chi connectivity index (χ1) is 7.91. The molecule has 0 bridgehead atoms. The quantitative estimate of drug-likeness (QED) is 0.809. The normalized spacial score (nSPS) is 29.9. The van der Waals surface area contributed by atoms with Gasteiger partial charge in [-0.15, -0.1) is 0 Å². The number of nitrogens with one attached hydrogen (secondary N) is 1. The summed E-state index contributed by atoms with van der Waals surface area (Å²) in [7, 11) is -2.85. The molecule has 1 saturated heterocycles. The Kier molecular flexibility index (Phi) is 3.80. The highest BCUT2D eigenvalue weighted by molar-refractivity contribution is 7.90. The van der Waals surface area contributed by atoms with Gasteiger partial charge in [-0.05, 0) is 19.8 Å². The van der Waals surface area contributed by atoms with Gasteiger partial charge >= 0.3 is 0 Å². The highest BCUT2D eigenvalue weighted by Gasteiger charge is 2.42. The van der Waals surface area contributed by atoms with E-state index in [1.54, 1.807) is 0 Å². The van der Waals surface area contributed by atoms with Crippen LogP contribution in [0.15, 0.2) is 0 Å². The van der Waals surface area contributed by atoms with Gasteiger partial charge in [0.05, 0.1) is 5.75 Å². The van der Waals surface area contributed by atoms with E-state index in [9.17, 15) is 8.42 Å². The van der Waals surface area contributed by atoms with E-state index in [0.29, 0.717) is 18.3 Å². The topological polar surface area (TPSA) is 49.4 Å². The Morgan fingerprint density at radius 2 is 2.00 bits per heavy atom. The number of rotatable bonds is 3. The molecule has 17 heavy (non-hydrogen) atoms. The highest BCUT2D eigenvalue weighted by atomic mass is 32.2. The van der Waals surface area contributed by atoms with Crippen LogP contribution in [0.3, 0.4) is 0 Å². The fourth-order valence-corrected chi connectivity index (χ4v) is 3.75. The molecule has 1 spiro atoms. The van der Waals surface area contributed by atoms with E-state index in [1.807, 2.05) is 0 Å². The van der Waals surface area contributed by atoms with Crippen molar-refractivity contribution in [3.8, 4) is 0 Å². The lowest BCUT2D eigenvalue weighted by Gasteiger charge is -2.47. The smallest absolute Gasteiger partial charge is 0.148 e. The van der Waals surface area contributed by atoms with Crippen LogP contribution in [0.5, 0.6) is 0 Å². The molecule has 0 aromatic rings. The Balaban J connectivity index is 2.04. The first-order valence-corrected chi connectivity index (χ1v) is 8.64. The van der Waals surface area contributed by atoms with Crippen LogP contribution >= 0.6 is 0 Å². The summed E-state index contributed by atoms with van der Waals surface area (Å²) in [5.74, 6) is 0.293. The maximum absolute atomic E-state index is 11.3. The molecule has 100 valence electrons. The highest BCUT2D eigenvalue weighted by Crippen LogP contribution is 2.36. The van der Waals surface area contributed by atoms with Crippen molar-refractivity contribution in [2.75, 3.05) is 31.6 Å². The minimum Gasteiger partial charge on any atom is -0.311 e. The third-order valence-corrected chi connectivity index (χ3v) is 5.14. The second-order valence-corrected chi connectivity index (χ2v) is 8.05. The van der Waals surface area contributed by atoms with Crippen molar-refractivity contribution in [3.05, 3.63) is 0 Å². The van der Waals surface area contributed by atoms with Gasteiger partial charge in [0, 0.05) is 37.5 Å². The number of hydrogen-bond donors (Lipinski definition) is 1. The van der Waals surface area contributed by atoms with E-state index in [-0.39, 0.29) is 5.54 Å². The monoisotopic (exact) mass is 260 g/mol. The van der Waals surface area contributed by atoms with E-state index >= 15 is 0 Å². The fraction of sp³-hybridized carbons (Fsp3) is 1.00. The molecule has 0 radical (unpaired) electrons. The zero-order valence-electron chi connectivity index (χ0n) is 10.9. The van der Waals surface area contributed by atoms with Gasteiger partial charge in [0.1, 0.15) is 9.84 Å². The molecule has 1 unspecified atom stereocenters. The van der Waals surface area contributed by atoms with Crippen molar-refractivity contribution in [1.29, 1.82) is 0 Å². The van der Waals surface area contributed by atoms with Crippen LogP contribution in [0, 0.1) is 0 Å².